The Morgan fingerprint density at radius 1 is 1.00 bits per heavy atom. The van der Waals surface area contributed by atoms with Gasteiger partial charge in [0.05, 0.1) is 5.69 Å². The number of aromatic nitrogens is 1. The van der Waals surface area contributed by atoms with Gasteiger partial charge in [0.25, 0.3) is 11.8 Å². The number of carbonyl (C=O) groups excluding carboxylic acids is 2. The van der Waals surface area contributed by atoms with Crippen molar-refractivity contribution >= 4 is 35.4 Å². The second-order valence-corrected chi connectivity index (χ2v) is 8.16. The number of benzene rings is 2. The van der Waals surface area contributed by atoms with E-state index in [4.69, 9.17) is 12.2 Å². The number of aryl methyl sites for hydroxylation is 3. The van der Waals surface area contributed by atoms with Crippen molar-refractivity contribution in [1.82, 2.24) is 15.4 Å². The van der Waals surface area contributed by atoms with Crippen molar-refractivity contribution in [2.45, 2.75) is 27.3 Å². The zero-order valence-electron chi connectivity index (χ0n) is 15.9. The lowest BCUT2D eigenvalue weighted by molar-refractivity contribution is -0.122. The van der Waals surface area contributed by atoms with Crippen molar-refractivity contribution in [3.8, 4) is 11.3 Å². The van der Waals surface area contributed by atoms with E-state index in [0.29, 0.717) is 9.52 Å². The van der Waals surface area contributed by atoms with E-state index in [-0.39, 0.29) is 18.4 Å². The molecule has 0 bridgehead atoms. The highest BCUT2D eigenvalue weighted by atomic mass is 32.1. The standard InChI is InChI=1S/C21H21N3O2S2/c1-13-4-7-16(8-5-13)18-12-28-21(27)24(18)11-19(25)22-23-20(26)17-9-6-14(2)10-15(17)3/h4-10,12H,11H2,1-3H3,(H,22,25)(H,23,26). The zero-order chi connectivity index (χ0) is 20.3. The first-order chi connectivity index (χ1) is 13.3. The number of carbonyl (C=O) groups is 2. The van der Waals surface area contributed by atoms with Crippen LogP contribution in [0.2, 0.25) is 0 Å². The Balaban J connectivity index is 1.69. The van der Waals surface area contributed by atoms with Crippen LogP contribution in [0.1, 0.15) is 27.0 Å². The molecular weight excluding hydrogens is 390 g/mol. The molecule has 1 heterocycles. The topological polar surface area (TPSA) is 63.1 Å². The lowest BCUT2D eigenvalue weighted by atomic mass is 10.1. The number of rotatable bonds is 4. The molecule has 0 saturated carbocycles. The SMILES string of the molecule is Cc1ccc(-c2csc(=S)n2CC(=O)NNC(=O)c2ccc(C)cc2C)cc1. The number of hydrazine groups is 1. The fourth-order valence-corrected chi connectivity index (χ4v) is 3.95. The molecule has 0 unspecified atom stereocenters. The predicted molar refractivity (Wildman–Crippen MR) is 115 cm³/mol. The largest absolute Gasteiger partial charge is 0.313 e. The molecule has 144 valence electrons. The summed E-state index contributed by atoms with van der Waals surface area (Å²) in [5.74, 6) is -0.695. The van der Waals surface area contributed by atoms with Gasteiger partial charge in [0.2, 0.25) is 0 Å². The van der Waals surface area contributed by atoms with Crippen LogP contribution in [0.5, 0.6) is 0 Å². The third-order valence-corrected chi connectivity index (χ3v) is 5.65. The van der Waals surface area contributed by atoms with E-state index in [1.54, 1.807) is 10.6 Å². The van der Waals surface area contributed by atoms with Gasteiger partial charge in [-0.1, -0.05) is 47.5 Å². The molecule has 0 fully saturated rings. The van der Waals surface area contributed by atoms with Crippen LogP contribution in [0, 0.1) is 24.7 Å². The fourth-order valence-electron chi connectivity index (χ4n) is 2.88. The van der Waals surface area contributed by atoms with Gasteiger partial charge in [-0.2, -0.15) is 0 Å². The second-order valence-electron chi connectivity index (χ2n) is 6.66. The molecule has 0 atom stereocenters. The Kier molecular flexibility index (Phi) is 6.06. The molecule has 3 rings (SSSR count). The van der Waals surface area contributed by atoms with E-state index >= 15 is 0 Å². The molecule has 2 N–H and O–H groups in total. The summed E-state index contributed by atoms with van der Waals surface area (Å²) in [6.45, 7) is 5.88. The van der Waals surface area contributed by atoms with Gasteiger partial charge in [-0.3, -0.25) is 20.4 Å². The van der Waals surface area contributed by atoms with Gasteiger partial charge >= 0.3 is 0 Å². The van der Waals surface area contributed by atoms with Gasteiger partial charge in [-0.25, -0.2) is 0 Å². The molecule has 0 spiro atoms. The number of amides is 2. The van der Waals surface area contributed by atoms with Crippen molar-refractivity contribution in [3.05, 3.63) is 74.1 Å². The molecule has 1 aromatic heterocycles. The summed E-state index contributed by atoms with van der Waals surface area (Å²) in [7, 11) is 0. The van der Waals surface area contributed by atoms with E-state index < -0.39 is 0 Å². The Hall–Kier alpha value is -2.77. The maximum absolute atomic E-state index is 12.4. The van der Waals surface area contributed by atoms with Gasteiger partial charge < -0.3 is 4.57 Å². The summed E-state index contributed by atoms with van der Waals surface area (Å²) in [4.78, 5) is 24.7. The van der Waals surface area contributed by atoms with Crippen molar-refractivity contribution < 1.29 is 9.59 Å². The molecule has 2 aromatic carbocycles. The van der Waals surface area contributed by atoms with Gasteiger partial charge in [-0.05, 0) is 50.2 Å². The fraction of sp³-hybridized carbons (Fsp3) is 0.190. The summed E-state index contributed by atoms with van der Waals surface area (Å²) in [5, 5.41) is 1.94. The highest BCUT2D eigenvalue weighted by Gasteiger charge is 2.13. The molecular formula is C21H21N3O2S2. The summed E-state index contributed by atoms with van der Waals surface area (Å²) in [6, 6.07) is 13.6. The molecule has 2 amide bonds. The molecule has 28 heavy (non-hydrogen) atoms. The van der Waals surface area contributed by atoms with Crippen LogP contribution < -0.4 is 10.9 Å². The van der Waals surface area contributed by atoms with E-state index in [9.17, 15) is 9.59 Å². The number of hydrogen-bond donors (Lipinski definition) is 2. The van der Waals surface area contributed by atoms with E-state index in [1.165, 1.54) is 11.3 Å². The molecule has 3 aromatic rings. The van der Waals surface area contributed by atoms with Crippen LogP contribution in [-0.4, -0.2) is 16.4 Å². The third-order valence-electron chi connectivity index (χ3n) is 4.37. The quantitative estimate of drug-likeness (QED) is 0.496. The number of thiazole rings is 1. The van der Waals surface area contributed by atoms with Crippen LogP contribution in [0.3, 0.4) is 0 Å². The van der Waals surface area contributed by atoms with Gasteiger partial charge in [0, 0.05) is 10.9 Å². The Morgan fingerprint density at radius 3 is 2.36 bits per heavy atom. The third kappa shape index (κ3) is 4.55. The number of hydrogen-bond acceptors (Lipinski definition) is 4. The summed E-state index contributed by atoms with van der Waals surface area (Å²) in [6.07, 6.45) is 0. The van der Waals surface area contributed by atoms with Crippen molar-refractivity contribution in [2.24, 2.45) is 0 Å². The van der Waals surface area contributed by atoms with Gasteiger partial charge in [0.15, 0.2) is 3.95 Å². The normalized spacial score (nSPS) is 10.5. The van der Waals surface area contributed by atoms with Crippen molar-refractivity contribution in [3.63, 3.8) is 0 Å². The molecule has 5 nitrogen and oxygen atoms in total. The summed E-state index contributed by atoms with van der Waals surface area (Å²) < 4.78 is 2.37. The van der Waals surface area contributed by atoms with Crippen LogP contribution in [0.4, 0.5) is 0 Å². The molecule has 0 radical (unpaired) electrons. The minimum atomic E-state index is -0.349. The Morgan fingerprint density at radius 2 is 1.68 bits per heavy atom. The van der Waals surface area contributed by atoms with Crippen LogP contribution in [0.25, 0.3) is 11.3 Å². The van der Waals surface area contributed by atoms with E-state index in [0.717, 1.165) is 27.9 Å². The molecule has 0 aliphatic rings. The highest BCUT2D eigenvalue weighted by Crippen LogP contribution is 2.24. The Bertz CT molecular complexity index is 1080. The predicted octanol–water partition coefficient (Wildman–Crippen LogP) is 4.33. The average molecular weight is 412 g/mol. The van der Waals surface area contributed by atoms with Crippen LogP contribution >= 0.6 is 23.6 Å². The zero-order valence-corrected chi connectivity index (χ0v) is 17.5. The molecule has 7 heteroatoms. The monoisotopic (exact) mass is 411 g/mol. The molecule has 0 saturated heterocycles. The second kappa shape index (κ2) is 8.50. The van der Waals surface area contributed by atoms with Crippen LogP contribution in [-0.2, 0) is 11.3 Å². The maximum atomic E-state index is 12.4. The van der Waals surface area contributed by atoms with Crippen molar-refractivity contribution in [1.29, 1.82) is 0 Å². The smallest absolute Gasteiger partial charge is 0.269 e. The van der Waals surface area contributed by atoms with Crippen LogP contribution in [0.15, 0.2) is 47.8 Å². The molecule has 0 aliphatic carbocycles. The summed E-state index contributed by atoms with van der Waals surface area (Å²) in [5.41, 5.74) is 10.4. The first-order valence-corrected chi connectivity index (χ1v) is 10.1. The van der Waals surface area contributed by atoms with Gasteiger partial charge in [-0.15, -0.1) is 11.3 Å². The first kappa shape index (κ1) is 20.0. The van der Waals surface area contributed by atoms with Gasteiger partial charge in [0.1, 0.15) is 6.54 Å². The molecule has 0 aliphatic heterocycles. The van der Waals surface area contributed by atoms with E-state index in [2.05, 4.69) is 10.9 Å². The maximum Gasteiger partial charge on any atom is 0.269 e. The minimum Gasteiger partial charge on any atom is -0.313 e. The lowest BCUT2D eigenvalue weighted by Crippen LogP contribution is -2.43. The summed E-state index contributed by atoms with van der Waals surface area (Å²) >= 11 is 6.78. The lowest BCUT2D eigenvalue weighted by Gasteiger charge is -2.12. The van der Waals surface area contributed by atoms with E-state index in [1.807, 2.05) is 62.5 Å². The first-order valence-electron chi connectivity index (χ1n) is 8.77. The van der Waals surface area contributed by atoms with Crippen molar-refractivity contribution in [2.75, 3.05) is 0 Å². The Labute approximate surface area is 173 Å². The minimum absolute atomic E-state index is 0.0265. The number of nitrogens with one attached hydrogen (secondary N) is 2. The number of nitrogens with zero attached hydrogens (tertiary/aromatic N) is 1. The highest BCUT2D eigenvalue weighted by molar-refractivity contribution is 7.73. The average Bonchev–Trinajstić information content (AvgIpc) is 3.01.